The van der Waals surface area contributed by atoms with Crippen molar-refractivity contribution in [3.8, 4) is 0 Å². The third-order valence-electron chi connectivity index (χ3n) is 10.0. The Bertz CT molecular complexity index is 1310. The molecule has 1 aromatic heterocycles. The minimum absolute atomic E-state index is 0.148. The number of hydrogen-bond donors (Lipinski definition) is 0. The number of rotatable bonds is 3. The zero-order valence-corrected chi connectivity index (χ0v) is 21.5. The Morgan fingerprint density at radius 2 is 1.97 bits per heavy atom. The molecule has 184 valence electrons. The smallest absolute Gasteiger partial charge is 0.303 e. The molecule has 6 heteroatoms. The van der Waals surface area contributed by atoms with E-state index in [4.69, 9.17) is 16.3 Å². The molecule has 0 bridgehead atoms. The maximum Gasteiger partial charge on any atom is 0.303 e. The third-order valence-corrected chi connectivity index (χ3v) is 10.3. The van der Waals surface area contributed by atoms with Gasteiger partial charge in [-0.2, -0.15) is 0 Å². The second-order valence-corrected chi connectivity index (χ2v) is 11.9. The zero-order valence-electron chi connectivity index (χ0n) is 20.8. The van der Waals surface area contributed by atoms with Crippen molar-refractivity contribution in [2.75, 3.05) is 0 Å². The molecule has 0 radical (unpaired) electrons. The first-order valence-electron chi connectivity index (χ1n) is 13.0. The quantitative estimate of drug-likeness (QED) is 0.270. The van der Waals surface area contributed by atoms with Crippen LogP contribution in [0.2, 0.25) is 5.28 Å². The molecule has 0 saturated heterocycles. The Hall–Kier alpha value is -2.40. The number of carbonyl (C=O) groups excluding carboxylic acids is 2. The summed E-state index contributed by atoms with van der Waals surface area (Å²) in [6, 6.07) is 7.91. The van der Waals surface area contributed by atoms with Crippen molar-refractivity contribution in [2.45, 2.75) is 77.7 Å². The van der Waals surface area contributed by atoms with E-state index in [0.717, 1.165) is 67.1 Å². The van der Waals surface area contributed by atoms with Gasteiger partial charge in [0.2, 0.25) is 5.28 Å². The molecular formula is C29H33ClN2O3. The molecule has 5 nitrogen and oxygen atoms in total. The topological polar surface area (TPSA) is 61.2 Å². The Labute approximate surface area is 211 Å². The first-order valence-corrected chi connectivity index (χ1v) is 13.3. The molecule has 2 aromatic rings. The van der Waals surface area contributed by atoms with Gasteiger partial charge < -0.3 is 4.74 Å². The molecule has 2 fully saturated rings. The van der Waals surface area contributed by atoms with Crippen LogP contribution in [0.3, 0.4) is 0 Å². The molecule has 0 amide bonds. The number of esters is 1. The molecule has 6 rings (SSSR count). The number of halogens is 1. The summed E-state index contributed by atoms with van der Waals surface area (Å²) in [6.45, 7) is 6.17. The van der Waals surface area contributed by atoms with E-state index in [2.05, 4.69) is 24.9 Å². The van der Waals surface area contributed by atoms with Gasteiger partial charge in [-0.05, 0) is 74.6 Å². The summed E-state index contributed by atoms with van der Waals surface area (Å²) in [5.74, 6) is 0.134. The van der Waals surface area contributed by atoms with Gasteiger partial charge in [-0.3, -0.25) is 14.2 Å². The molecule has 35 heavy (non-hydrogen) atoms. The van der Waals surface area contributed by atoms with Crippen LogP contribution >= 0.6 is 11.6 Å². The highest BCUT2D eigenvalue weighted by Gasteiger charge is 2.67. The number of carbonyl (C=O) groups is 2. The lowest BCUT2D eigenvalue weighted by Gasteiger charge is -2.63. The van der Waals surface area contributed by atoms with Gasteiger partial charge >= 0.3 is 5.97 Å². The lowest BCUT2D eigenvalue weighted by Crippen LogP contribution is -2.64. The molecule has 0 unspecified atom stereocenters. The fourth-order valence-corrected chi connectivity index (χ4v) is 8.77. The van der Waals surface area contributed by atoms with Crippen LogP contribution in [0.1, 0.15) is 72.1 Å². The molecule has 1 heterocycles. The fourth-order valence-electron chi connectivity index (χ4n) is 8.51. The van der Waals surface area contributed by atoms with Gasteiger partial charge in [-0.25, -0.2) is 4.98 Å². The van der Waals surface area contributed by atoms with Gasteiger partial charge in [0.05, 0.1) is 11.0 Å². The summed E-state index contributed by atoms with van der Waals surface area (Å²) in [4.78, 5) is 29.7. The summed E-state index contributed by atoms with van der Waals surface area (Å²) < 4.78 is 8.47. The van der Waals surface area contributed by atoms with Crippen molar-refractivity contribution in [3.63, 3.8) is 0 Å². The van der Waals surface area contributed by atoms with Crippen molar-refractivity contribution in [1.29, 1.82) is 0 Å². The number of benzene rings is 1. The first-order chi connectivity index (χ1) is 16.7. The standard InChI is InChI=1S/C29H33ClN2O3/c1-18(34)35-29-15-14-27(2)22(21(29)12-11-20-8-6-7-13-28(20,29)3)16-19(17-33)25(27)32-24-10-5-4-9-23(24)31-26(32)30/h4-5,9-11,17,21-22H,6-8,12-16H2,1-3H3/t21-,22-,27-,28-,29+/m0/s1. The summed E-state index contributed by atoms with van der Waals surface area (Å²) >= 11 is 6.73. The van der Waals surface area contributed by atoms with Gasteiger partial charge in [-0.15, -0.1) is 0 Å². The summed E-state index contributed by atoms with van der Waals surface area (Å²) in [5, 5.41) is 0.393. The maximum atomic E-state index is 12.6. The number of ether oxygens (including phenoxy) is 1. The fraction of sp³-hybridized carbons (Fsp3) is 0.552. The third kappa shape index (κ3) is 2.97. The highest BCUT2D eigenvalue weighted by molar-refractivity contribution is 6.30. The molecule has 5 atom stereocenters. The van der Waals surface area contributed by atoms with Crippen LogP contribution < -0.4 is 0 Å². The van der Waals surface area contributed by atoms with Gasteiger partial charge in [0.15, 0.2) is 0 Å². The van der Waals surface area contributed by atoms with Gasteiger partial charge in [0.25, 0.3) is 0 Å². The molecule has 4 aliphatic carbocycles. The summed E-state index contributed by atoms with van der Waals surface area (Å²) in [5.41, 5.74) is 4.05. The number of aldehydes is 1. The van der Waals surface area contributed by atoms with Crippen molar-refractivity contribution < 1.29 is 14.3 Å². The SMILES string of the molecule is CC(=O)O[C@]12CC[C@]3(C)C(n4c(Cl)nc5ccccc54)=C(C=O)C[C@H]3[C@@H]1CC=C1CCCC[C@@]12C. The predicted octanol–water partition coefficient (Wildman–Crippen LogP) is 6.75. The summed E-state index contributed by atoms with van der Waals surface area (Å²) in [6.07, 6.45) is 11.1. The Kier molecular flexibility index (Phi) is 5.13. The van der Waals surface area contributed by atoms with Crippen LogP contribution in [0.4, 0.5) is 0 Å². The normalized spacial score (nSPS) is 36.3. The van der Waals surface area contributed by atoms with Crippen LogP contribution in [0.25, 0.3) is 16.7 Å². The summed E-state index contributed by atoms with van der Waals surface area (Å²) in [7, 11) is 0. The molecular weight excluding hydrogens is 460 g/mol. The van der Waals surface area contributed by atoms with E-state index in [9.17, 15) is 9.59 Å². The van der Waals surface area contributed by atoms with E-state index in [1.54, 1.807) is 6.92 Å². The van der Waals surface area contributed by atoms with E-state index in [1.165, 1.54) is 12.0 Å². The number of hydrogen-bond acceptors (Lipinski definition) is 4. The lowest BCUT2D eigenvalue weighted by molar-refractivity contribution is -0.211. The maximum absolute atomic E-state index is 12.6. The van der Waals surface area contributed by atoms with E-state index in [-0.39, 0.29) is 28.6 Å². The van der Waals surface area contributed by atoms with Crippen LogP contribution in [-0.4, -0.2) is 27.4 Å². The van der Waals surface area contributed by atoms with Crippen molar-refractivity contribution in [3.05, 3.63) is 46.8 Å². The molecule has 0 spiro atoms. The zero-order chi connectivity index (χ0) is 24.6. The van der Waals surface area contributed by atoms with Crippen molar-refractivity contribution >= 4 is 40.6 Å². The Balaban J connectivity index is 1.51. The monoisotopic (exact) mass is 492 g/mol. The van der Waals surface area contributed by atoms with Crippen molar-refractivity contribution in [1.82, 2.24) is 9.55 Å². The van der Waals surface area contributed by atoms with E-state index in [1.807, 2.05) is 28.8 Å². The van der Waals surface area contributed by atoms with Crippen LogP contribution in [-0.2, 0) is 14.3 Å². The number of imidazole rings is 1. The number of fused-ring (bicyclic) bond motifs is 6. The molecule has 0 N–H and O–H groups in total. The van der Waals surface area contributed by atoms with Gasteiger partial charge in [0, 0.05) is 34.9 Å². The van der Waals surface area contributed by atoms with Crippen LogP contribution in [0, 0.1) is 22.7 Å². The molecule has 2 saturated carbocycles. The Morgan fingerprint density at radius 1 is 1.17 bits per heavy atom. The van der Waals surface area contributed by atoms with E-state index < -0.39 is 5.60 Å². The number of aromatic nitrogens is 2. The minimum Gasteiger partial charge on any atom is -0.458 e. The lowest BCUT2D eigenvalue weighted by atomic mass is 9.45. The van der Waals surface area contributed by atoms with Crippen LogP contribution in [0.15, 0.2) is 41.5 Å². The highest BCUT2D eigenvalue weighted by Crippen LogP contribution is 2.69. The molecule has 0 aliphatic heterocycles. The average Bonchev–Trinajstić information content (AvgIpc) is 3.31. The second kappa shape index (κ2) is 7.80. The van der Waals surface area contributed by atoms with E-state index >= 15 is 0 Å². The highest BCUT2D eigenvalue weighted by atomic mass is 35.5. The minimum atomic E-state index is -0.530. The number of para-hydroxylation sites is 2. The van der Waals surface area contributed by atoms with Gasteiger partial charge in [0.1, 0.15) is 11.9 Å². The average molecular weight is 493 g/mol. The number of nitrogens with zero attached hydrogens (tertiary/aromatic N) is 2. The second-order valence-electron chi connectivity index (χ2n) is 11.5. The van der Waals surface area contributed by atoms with E-state index in [0.29, 0.717) is 11.7 Å². The molecule has 1 aromatic carbocycles. The Morgan fingerprint density at radius 3 is 2.74 bits per heavy atom. The van der Waals surface area contributed by atoms with Crippen LogP contribution in [0.5, 0.6) is 0 Å². The number of allylic oxidation sites excluding steroid dienone is 3. The van der Waals surface area contributed by atoms with Gasteiger partial charge in [-0.1, -0.05) is 44.1 Å². The largest absolute Gasteiger partial charge is 0.458 e. The molecule has 4 aliphatic rings. The first kappa shape index (κ1) is 23.0. The van der Waals surface area contributed by atoms with Crippen molar-refractivity contribution in [2.24, 2.45) is 22.7 Å². The predicted molar refractivity (Wildman–Crippen MR) is 137 cm³/mol.